The van der Waals surface area contributed by atoms with Crippen LogP contribution in [0.25, 0.3) is 0 Å². The number of hydrogen-bond acceptors (Lipinski definition) is 2. The summed E-state index contributed by atoms with van der Waals surface area (Å²) in [5.41, 5.74) is 3.12. The van der Waals surface area contributed by atoms with Gasteiger partial charge in [0.25, 0.3) is 0 Å². The maximum Gasteiger partial charge on any atom is 0.0991 e. The molecule has 1 aromatic carbocycles. The Kier molecular flexibility index (Phi) is 4.57. The summed E-state index contributed by atoms with van der Waals surface area (Å²) in [4.78, 5) is 2.30. The van der Waals surface area contributed by atoms with Crippen LogP contribution in [0.1, 0.15) is 38.3 Å². The Labute approximate surface area is 105 Å². The van der Waals surface area contributed by atoms with E-state index in [0.29, 0.717) is 12.0 Å². The summed E-state index contributed by atoms with van der Waals surface area (Å²) in [6.07, 6.45) is 1.18. The quantitative estimate of drug-likeness (QED) is 0.788. The van der Waals surface area contributed by atoms with Crippen LogP contribution in [0.3, 0.4) is 0 Å². The fourth-order valence-corrected chi connectivity index (χ4v) is 2.20. The van der Waals surface area contributed by atoms with Crippen LogP contribution in [-0.2, 0) is 0 Å². The first kappa shape index (κ1) is 13.6. The Bertz CT molecular complexity index is 415. The van der Waals surface area contributed by atoms with Gasteiger partial charge in [0.1, 0.15) is 0 Å². The number of rotatable bonds is 4. The molecule has 1 atom stereocenters. The molecule has 2 nitrogen and oxygen atoms in total. The maximum absolute atomic E-state index is 8.86. The van der Waals surface area contributed by atoms with E-state index < -0.39 is 0 Å². The molecular weight excluding hydrogens is 208 g/mol. The summed E-state index contributed by atoms with van der Waals surface area (Å²) in [7, 11) is 2.13. The average Bonchev–Trinajstić information content (AvgIpc) is 2.27. The van der Waals surface area contributed by atoms with Crippen molar-refractivity contribution >= 4 is 5.69 Å². The van der Waals surface area contributed by atoms with Gasteiger partial charge in [-0.15, -0.1) is 0 Å². The largest absolute Gasteiger partial charge is 0.372 e. The van der Waals surface area contributed by atoms with E-state index >= 15 is 0 Å². The molecule has 2 heteroatoms. The van der Waals surface area contributed by atoms with Gasteiger partial charge in [0, 0.05) is 18.8 Å². The molecule has 0 aliphatic heterocycles. The summed E-state index contributed by atoms with van der Waals surface area (Å²) in [5.74, 6) is 0.700. The van der Waals surface area contributed by atoms with Crippen molar-refractivity contribution in [3.8, 4) is 6.07 Å². The topological polar surface area (TPSA) is 27.0 Å². The van der Waals surface area contributed by atoms with Gasteiger partial charge in [-0.3, -0.25) is 0 Å². The van der Waals surface area contributed by atoms with Crippen LogP contribution < -0.4 is 4.90 Å². The molecule has 0 aromatic heterocycles. The second-order valence-electron chi connectivity index (χ2n) is 5.20. The first-order chi connectivity index (χ1) is 7.95. The summed E-state index contributed by atoms with van der Waals surface area (Å²) in [6, 6.07) is 8.58. The molecule has 0 N–H and O–H groups in total. The average molecular weight is 230 g/mol. The number of nitriles is 1. The van der Waals surface area contributed by atoms with Crippen LogP contribution in [0.4, 0.5) is 5.69 Å². The number of nitrogens with zero attached hydrogens (tertiary/aromatic N) is 2. The van der Waals surface area contributed by atoms with E-state index in [2.05, 4.69) is 45.7 Å². The van der Waals surface area contributed by atoms with Crippen molar-refractivity contribution in [2.75, 3.05) is 11.9 Å². The van der Waals surface area contributed by atoms with Crippen LogP contribution >= 0.6 is 0 Å². The van der Waals surface area contributed by atoms with Crippen LogP contribution in [0, 0.1) is 24.2 Å². The highest BCUT2D eigenvalue weighted by molar-refractivity contribution is 5.56. The highest BCUT2D eigenvalue weighted by atomic mass is 15.1. The molecule has 0 aliphatic rings. The molecule has 0 amide bonds. The standard InChI is InChI=1S/C15H22N2/c1-11(2)8-13(4)17(5)15-7-6-14(10-16)9-12(15)3/h6-7,9,11,13H,8H2,1-5H3. The molecular formula is C15H22N2. The second-order valence-corrected chi connectivity index (χ2v) is 5.20. The Balaban J connectivity index is 2.89. The molecule has 1 rings (SSSR count). The first-order valence-electron chi connectivity index (χ1n) is 6.19. The normalized spacial score (nSPS) is 12.3. The molecule has 0 radical (unpaired) electrons. The molecule has 92 valence electrons. The minimum absolute atomic E-state index is 0.515. The number of aryl methyl sites for hydroxylation is 1. The predicted molar refractivity (Wildman–Crippen MR) is 73.2 cm³/mol. The van der Waals surface area contributed by atoms with Crippen molar-refractivity contribution < 1.29 is 0 Å². The molecule has 1 unspecified atom stereocenters. The van der Waals surface area contributed by atoms with Crippen molar-refractivity contribution in [2.45, 2.75) is 40.2 Å². The van der Waals surface area contributed by atoms with Crippen molar-refractivity contribution in [3.05, 3.63) is 29.3 Å². The first-order valence-corrected chi connectivity index (χ1v) is 6.19. The Hall–Kier alpha value is -1.49. The number of anilines is 1. The second kappa shape index (κ2) is 5.72. The van der Waals surface area contributed by atoms with Crippen molar-refractivity contribution in [1.82, 2.24) is 0 Å². The molecule has 0 heterocycles. The third-order valence-corrected chi connectivity index (χ3v) is 3.18. The molecule has 17 heavy (non-hydrogen) atoms. The molecule has 0 aliphatic carbocycles. The zero-order valence-corrected chi connectivity index (χ0v) is 11.5. The fraction of sp³-hybridized carbons (Fsp3) is 0.533. The summed E-state index contributed by atoms with van der Waals surface area (Å²) >= 11 is 0. The third kappa shape index (κ3) is 3.49. The van der Waals surface area contributed by atoms with Gasteiger partial charge in [0.2, 0.25) is 0 Å². The van der Waals surface area contributed by atoms with Crippen LogP contribution in [0.5, 0.6) is 0 Å². The lowest BCUT2D eigenvalue weighted by molar-refractivity contribution is 0.504. The smallest absolute Gasteiger partial charge is 0.0991 e. The van der Waals surface area contributed by atoms with Crippen LogP contribution in [-0.4, -0.2) is 13.1 Å². The Morgan fingerprint density at radius 2 is 1.94 bits per heavy atom. The lowest BCUT2D eigenvalue weighted by Crippen LogP contribution is -2.30. The number of hydrogen-bond donors (Lipinski definition) is 0. The van der Waals surface area contributed by atoms with Gasteiger partial charge in [-0.05, 0) is 49.9 Å². The molecule has 0 spiro atoms. The molecule has 0 bridgehead atoms. The zero-order chi connectivity index (χ0) is 13.0. The zero-order valence-electron chi connectivity index (χ0n) is 11.5. The van der Waals surface area contributed by atoms with Gasteiger partial charge in [-0.2, -0.15) is 5.26 Å². The molecule has 0 saturated carbocycles. The van der Waals surface area contributed by atoms with Crippen molar-refractivity contribution in [3.63, 3.8) is 0 Å². The lowest BCUT2D eigenvalue weighted by atomic mass is 10.0. The van der Waals surface area contributed by atoms with E-state index in [1.165, 1.54) is 17.7 Å². The fourth-order valence-electron chi connectivity index (χ4n) is 2.20. The van der Waals surface area contributed by atoms with Crippen LogP contribution in [0.2, 0.25) is 0 Å². The van der Waals surface area contributed by atoms with E-state index in [1.807, 2.05) is 18.2 Å². The van der Waals surface area contributed by atoms with Crippen molar-refractivity contribution in [2.24, 2.45) is 5.92 Å². The minimum atomic E-state index is 0.515. The van der Waals surface area contributed by atoms with Gasteiger partial charge < -0.3 is 4.90 Å². The number of benzene rings is 1. The summed E-state index contributed by atoms with van der Waals surface area (Å²) in [5, 5.41) is 8.86. The monoisotopic (exact) mass is 230 g/mol. The van der Waals surface area contributed by atoms with Gasteiger partial charge >= 0.3 is 0 Å². The highest BCUT2D eigenvalue weighted by Crippen LogP contribution is 2.23. The van der Waals surface area contributed by atoms with Crippen molar-refractivity contribution in [1.29, 1.82) is 5.26 Å². The summed E-state index contributed by atoms with van der Waals surface area (Å²) in [6.45, 7) is 8.80. The molecule has 1 aromatic rings. The maximum atomic E-state index is 8.86. The van der Waals surface area contributed by atoms with Gasteiger partial charge in [0.05, 0.1) is 11.6 Å². The Morgan fingerprint density at radius 1 is 1.29 bits per heavy atom. The predicted octanol–water partition coefficient (Wildman–Crippen LogP) is 3.74. The van der Waals surface area contributed by atoms with E-state index in [-0.39, 0.29) is 0 Å². The third-order valence-electron chi connectivity index (χ3n) is 3.18. The van der Waals surface area contributed by atoms with E-state index in [4.69, 9.17) is 5.26 Å². The summed E-state index contributed by atoms with van der Waals surface area (Å²) < 4.78 is 0. The van der Waals surface area contributed by atoms with Gasteiger partial charge in [-0.25, -0.2) is 0 Å². The van der Waals surface area contributed by atoms with Crippen LogP contribution in [0.15, 0.2) is 18.2 Å². The minimum Gasteiger partial charge on any atom is -0.372 e. The van der Waals surface area contributed by atoms with Gasteiger partial charge in [0.15, 0.2) is 0 Å². The molecule has 0 saturated heterocycles. The lowest BCUT2D eigenvalue weighted by Gasteiger charge is -2.29. The van der Waals surface area contributed by atoms with E-state index in [1.54, 1.807) is 0 Å². The molecule has 0 fully saturated rings. The Morgan fingerprint density at radius 3 is 2.41 bits per heavy atom. The highest BCUT2D eigenvalue weighted by Gasteiger charge is 2.13. The van der Waals surface area contributed by atoms with E-state index in [9.17, 15) is 0 Å². The van der Waals surface area contributed by atoms with Gasteiger partial charge in [-0.1, -0.05) is 13.8 Å². The van der Waals surface area contributed by atoms with E-state index in [0.717, 1.165) is 5.56 Å². The SMILES string of the molecule is Cc1cc(C#N)ccc1N(C)C(C)CC(C)C.